The Labute approximate surface area is 171 Å². The molecular weight excluding hydrogens is 368 g/mol. The number of carbonyl (C=O) groups excluding carboxylic acids is 2. The zero-order chi connectivity index (χ0) is 20.1. The van der Waals surface area contributed by atoms with Gasteiger partial charge >= 0.3 is 0 Å². The molecule has 0 unspecified atom stereocenters. The normalized spacial score (nSPS) is 16.1. The van der Waals surface area contributed by atoms with Crippen LogP contribution in [0.3, 0.4) is 0 Å². The number of nitrogens with zero attached hydrogens (tertiary/aromatic N) is 2. The van der Waals surface area contributed by atoms with E-state index in [0.29, 0.717) is 31.9 Å². The van der Waals surface area contributed by atoms with E-state index in [1.807, 2.05) is 53.4 Å². The summed E-state index contributed by atoms with van der Waals surface area (Å²) in [5.74, 6) is 0.718. The second-order valence-corrected chi connectivity index (χ2v) is 7.46. The molecule has 2 heterocycles. The molecule has 0 bridgehead atoms. The third-order valence-corrected chi connectivity index (χ3v) is 5.37. The number of ether oxygens (including phenoxy) is 2. The number of fused-ring (bicyclic) bond motifs is 1. The lowest BCUT2D eigenvalue weighted by atomic mass is 10.1. The Balaban J connectivity index is 1.39. The van der Waals surface area contributed by atoms with Gasteiger partial charge < -0.3 is 19.3 Å². The molecule has 2 amide bonds. The lowest BCUT2D eigenvalue weighted by molar-refractivity contribution is -0.137. The summed E-state index contributed by atoms with van der Waals surface area (Å²) in [4.78, 5) is 29.0. The van der Waals surface area contributed by atoms with Gasteiger partial charge in [0.15, 0.2) is 0 Å². The van der Waals surface area contributed by atoms with Gasteiger partial charge in [-0.3, -0.25) is 9.59 Å². The first-order valence-electron chi connectivity index (χ1n) is 10.1. The summed E-state index contributed by atoms with van der Waals surface area (Å²) in [5.41, 5.74) is 2.56. The molecule has 1 saturated heterocycles. The molecule has 0 spiro atoms. The molecule has 152 valence electrons. The molecule has 0 atom stereocenters. The average molecular weight is 394 g/mol. The van der Waals surface area contributed by atoms with Crippen molar-refractivity contribution >= 4 is 11.8 Å². The van der Waals surface area contributed by atoms with Crippen molar-refractivity contribution in [3.63, 3.8) is 0 Å². The van der Waals surface area contributed by atoms with Gasteiger partial charge in [-0.05, 0) is 36.6 Å². The molecule has 1 fully saturated rings. The predicted octanol–water partition coefficient (Wildman–Crippen LogP) is 2.86. The van der Waals surface area contributed by atoms with Crippen LogP contribution in [0.2, 0.25) is 0 Å². The van der Waals surface area contributed by atoms with E-state index in [1.165, 1.54) is 0 Å². The van der Waals surface area contributed by atoms with Crippen molar-refractivity contribution in [3.8, 4) is 5.75 Å². The number of rotatable bonds is 5. The predicted molar refractivity (Wildman–Crippen MR) is 109 cm³/mol. The summed E-state index contributed by atoms with van der Waals surface area (Å²) < 4.78 is 11.4. The van der Waals surface area contributed by atoms with Crippen LogP contribution in [0.4, 0.5) is 0 Å². The Morgan fingerprint density at radius 2 is 1.76 bits per heavy atom. The molecular formula is C23H26N2O4. The van der Waals surface area contributed by atoms with Crippen LogP contribution in [0.15, 0.2) is 48.5 Å². The monoisotopic (exact) mass is 394 g/mol. The molecule has 2 aliphatic heterocycles. The maximum absolute atomic E-state index is 12.7. The second kappa shape index (κ2) is 9.09. The van der Waals surface area contributed by atoms with E-state index in [1.54, 1.807) is 4.90 Å². The molecule has 2 aliphatic rings. The van der Waals surface area contributed by atoms with Gasteiger partial charge in [0.2, 0.25) is 5.91 Å². The second-order valence-electron chi connectivity index (χ2n) is 7.46. The third kappa shape index (κ3) is 4.77. The number of benzene rings is 2. The van der Waals surface area contributed by atoms with Crippen LogP contribution in [0.1, 0.15) is 34.3 Å². The first-order chi connectivity index (χ1) is 14.2. The summed E-state index contributed by atoms with van der Waals surface area (Å²) >= 11 is 0. The van der Waals surface area contributed by atoms with Crippen LogP contribution in [-0.4, -0.2) is 54.5 Å². The molecule has 6 heteroatoms. The molecule has 0 radical (unpaired) electrons. The fourth-order valence-corrected chi connectivity index (χ4v) is 3.76. The molecule has 29 heavy (non-hydrogen) atoms. The smallest absolute Gasteiger partial charge is 0.253 e. The van der Waals surface area contributed by atoms with Gasteiger partial charge in [-0.15, -0.1) is 0 Å². The highest BCUT2D eigenvalue weighted by Gasteiger charge is 2.24. The summed E-state index contributed by atoms with van der Waals surface area (Å²) in [7, 11) is 0. The lowest BCUT2D eigenvalue weighted by Gasteiger charge is -2.20. The van der Waals surface area contributed by atoms with Crippen LogP contribution in [-0.2, 0) is 22.7 Å². The summed E-state index contributed by atoms with van der Waals surface area (Å²) in [5, 5.41) is 0. The fraction of sp³-hybridized carbons (Fsp3) is 0.391. The van der Waals surface area contributed by atoms with E-state index in [0.717, 1.165) is 42.8 Å². The van der Waals surface area contributed by atoms with E-state index in [4.69, 9.17) is 9.47 Å². The molecule has 6 nitrogen and oxygen atoms in total. The van der Waals surface area contributed by atoms with Gasteiger partial charge in [-0.2, -0.15) is 0 Å². The van der Waals surface area contributed by atoms with E-state index in [-0.39, 0.29) is 18.4 Å². The first kappa shape index (κ1) is 19.5. The zero-order valence-corrected chi connectivity index (χ0v) is 16.5. The van der Waals surface area contributed by atoms with Crippen molar-refractivity contribution in [2.45, 2.75) is 26.0 Å². The molecule has 2 aromatic rings. The van der Waals surface area contributed by atoms with Crippen LogP contribution >= 0.6 is 0 Å². The van der Waals surface area contributed by atoms with E-state index in [9.17, 15) is 9.59 Å². The quantitative estimate of drug-likeness (QED) is 0.783. The molecule has 0 aromatic heterocycles. The minimum absolute atomic E-state index is 0.0244. The van der Waals surface area contributed by atoms with E-state index in [2.05, 4.69) is 0 Å². The molecule has 2 aromatic carbocycles. The topological polar surface area (TPSA) is 59.1 Å². The maximum Gasteiger partial charge on any atom is 0.253 e. The number of hydrogen-bond acceptors (Lipinski definition) is 4. The highest BCUT2D eigenvalue weighted by atomic mass is 16.5. The van der Waals surface area contributed by atoms with Gasteiger partial charge in [0.25, 0.3) is 5.91 Å². The molecule has 0 aliphatic carbocycles. The van der Waals surface area contributed by atoms with Gasteiger partial charge in [-0.25, -0.2) is 0 Å². The molecule has 4 rings (SSSR count). The number of hydrogen-bond donors (Lipinski definition) is 0. The number of likely N-dealkylation sites (tertiary alicyclic amines) is 1. The van der Waals surface area contributed by atoms with Crippen molar-refractivity contribution < 1.29 is 19.1 Å². The molecule has 0 N–H and O–H groups in total. The van der Waals surface area contributed by atoms with Crippen molar-refractivity contribution in [1.29, 1.82) is 0 Å². The Morgan fingerprint density at radius 1 is 0.966 bits per heavy atom. The van der Waals surface area contributed by atoms with Crippen LogP contribution in [0.25, 0.3) is 0 Å². The van der Waals surface area contributed by atoms with Crippen molar-refractivity contribution in [2.75, 3.05) is 32.8 Å². The Morgan fingerprint density at radius 3 is 2.55 bits per heavy atom. The van der Waals surface area contributed by atoms with Gasteiger partial charge in [0.05, 0.1) is 13.2 Å². The Kier molecular flexibility index (Phi) is 6.10. The van der Waals surface area contributed by atoms with Crippen LogP contribution < -0.4 is 4.74 Å². The Bertz CT molecular complexity index is 862. The zero-order valence-electron chi connectivity index (χ0n) is 16.5. The summed E-state index contributed by atoms with van der Waals surface area (Å²) in [6.45, 7) is 3.41. The van der Waals surface area contributed by atoms with E-state index >= 15 is 0 Å². The maximum atomic E-state index is 12.7. The minimum atomic E-state index is -0.0753. The lowest BCUT2D eigenvalue weighted by Crippen LogP contribution is -2.35. The minimum Gasteiger partial charge on any atom is -0.491 e. The standard InChI is InChI=1S/C23H26N2O4/c26-22(17-28-16-18-6-2-1-3-7-18)25-12-13-29-21-9-8-19(14-20(21)15-25)23(27)24-10-4-5-11-24/h1-3,6-9,14H,4-5,10-13,15-17H2. The van der Waals surface area contributed by atoms with Crippen molar-refractivity contribution in [1.82, 2.24) is 9.80 Å². The SMILES string of the molecule is O=C(COCc1ccccc1)N1CCOc2ccc(C(=O)N3CCCC3)cc2C1. The van der Waals surface area contributed by atoms with Gasteiger partial charge in [-0.1, -0.05) is 30.3 Å². The van der Waals surface area contributed by atoms with Crippen LogP contribution in [0, 0.1) is 0 Å². The summed E-state index contributed by atoms with van der Waals surface area (Å²) in [6.07, 6.45) is 2.12. The van der Waals surface area contributed by atoms with Gasteiger partial charge in [0, 0.05) is 30.8 Å². The number of amides is 2. The highest BCUT2D eigenvalue weighted by Crippen LogP contribution is 2.26. The third-order valence-electron chi connectivity index (χ3n) is 5.37. The van der Waals surface area contributed by atoms with Crippen molar-refractivity contribution in [3.05, 3.63) is 65.2 Å². The molecule has 0 saturated carbocycles. The highest BCUT2D eigenvalue weighted by molar-refractivity contribution is 5.94. The fourth-order valence-electron chi connectivity index (χ4n) is 3.76. The Hall–Kier alpha value is -2.86. The summed E-state index contributed by atoms with van der Waals surface area (Å²) in [6, 6.07) is 15.3. The van der Waals surface area contributed by atoms with Crippen molar-refractivity contribution in [2.24, 2.45) is 0 Å². The van der Waals surface area contributed by atoms with Crippen LogP contribution in [0.5, 0.6) is 5.75 Å². The number of carbonyl (C=O) groups is 2. The first-order valence-corrected chi connectivity index (χ1v) is 10.1. The van der Waals surface area contributed by atoms with E-state index < -0.39 is 0 Å². The van der Waals surface area contributed by atoms with Gasteiger partial charge in [0.1, 0.15) is 19.0 Å². The largest absolute Gasteiger partial charge is 0.491 e. The average Bonchev–Trinajstić information content (AvgIpc) is 3.20.